The zero-order valence-electron chi connectivity index (χ0n) is 9.73. The lowest BCUT2D eigenvalue weighted by atomic mass is 10.2. The molecule has 0 unspecified atom stereocenters. The molecule has 0 atom stereocenters. The Balaban J connectivity index is 2.27. The second-order valence-electron chi connectivity index (χ2n) is 3.59. The van der Waals surface area contributed by atoms with Gasteiger partial charge in [0.1, 0.15) is 0 Å². The van der Waals surface area contributed by atoms with Crippen LogP contribution in [0.15, 0.2) is 22.7 Å². The van der Waals surface area contributed by atoms with Gasteiger partial charge in [-0.15, -0.1) is 0 Å². The minimum absolute atomic E-state index is 0.674. The van der Waals surface area contributed by atoms with E-state index in [1.54, 1.807) is 12.4 Å². The molecule has 4 nitrogen and oxygen atoms in total. The molecular weight excluding hydrogens is 347 g/mol. The summed E-state index contributed by atoms with van der Waals surface area (Å²) in [5.41, 5.74) is 3.15. The third-order valence-electron chi connectivity index (χ3n) is 2.39. The average molecular weight is 358 g/mol. The lowest BCUT2D eigenvalue weighted by Gasteiger charge is -2.05. The van der Waals surface area contributed by atoms with Gasteiger partial charge in [0.05, 0.1) is 0 Å². The Morgan fingerprint density at radius 3 is 2.00 bits per heavy atom. The van der Waals surface area contributed by atoms with Gasteiger partial charge in [-0.1, -0.05) is 0 Å². The van der Waals surface area contributed by atoms with Gasteiger partial charge in [0, 0.05) is 27.4 Å². The van der Waals surface area contributed by atoms with Gasteiger partial charge in [0.25, 0.3) is 0 Å². The summed E-state index contributed by atoms with van der Waals surface area (Å²) >= 11 is 3.56. The molecule has 0 bridgehead atoms. The molecule has 0 N–H and O–H groups in total. The largest absolute Gasteiger partial charge is 0.230 e. The summed E-state index contributed by atoms with van der Waals surface area (Å²) in [6.45, 7) is 6.01. The number of rotatable bonds is 2. The highest BCUT2D eigenvalue weighted by Gasteiger charge is 2.07. The van der Waals surface area contributed by atoms with E-state index in [1.807, 2.05) is 20.8 Å². The van der Waals surface area contributed by atoms with E-state index < -0.39 is 0 Å². The van der Waals surface area contributed by atoms with Gasteiger partial charge in [0.15, 0.2) is 10.3 Å². The van der Waals surface area contributed by atoms with Crippen LogP contribution in [0.5, 0.6) is 0 Å². The maximum atomic E-state index is 4.42. The summed E-state index contributed by atoms with van der Waals surface area (Å²) < 4.78 is 1.02. The topological polar surface area (TPSA) is 51.6 Å². The molecule has 0 radical (unpaired) electrons. The molecule has 0 saturated heterocycles. The number of nitrogens with zero attached hydrogens (tertiary/aromatic N) is 4. The number of aromatic nitrogens is 4. The molecule has 0 aliphatic rings. The second kappa shape index (κ2) is 5.26. The highest BCUT2D eigenvalue weighted by Crippen LogP contribution is 2.22. The number of hydrogen-bond donors (Lipinski definition) is 0. The van der Waals surface area contributed by atoms with E-state index in [0.29, 0.717) is 10.3 Å². The van der Waals surface area contributed by atoms with Crippen LogP contribution >= 0.6 is 34.4 Å². The van der Waals surface area contributed by atoms with E-state index in [1.165, 1.54) is 11.8 Å². The fourth-order valence-electron chi connectivity index (χ4n) is 1.22. The summed E-state index contributed by atoms with van der Waals surface area (Å²) in [5.74, 6) is 0. The molecule has 2 rings (SSSR count). The van der Waals surface area contributed by atoms with Crippen molar-refractivity contribution in [3.8, 4) is 0 Å². The summed E-state index contributed by atoms with van der Waals surface area (Å²) in [6.07, 6.45) is 3.56. The van der Waals surface area contributed by atoms with E-state index in [2.05, 4.69) is 42.5 Å². The van der Waals surface area contributed by atoms with Crippen molar-refractivity contribution in [1.82, 2.24) is 19.9 Å². The predicted octanol–water partition coefficient (Wildman–Crippen LogP) is 2.95. The van der Waals surface area contributed by atoms with E-state index in [9.17, 15) is 0 Å². The quantitative estimate of drug-likeness (QED) is 0.610. The van der Waals surface area contributed by atoms with Gasteiger partial charge >= 0.3 is 0 Å². The van der Waals surface area contributed by atoms with Crippen LogP contribution in [-0.2, 0) is 0 Å². The molecule has 0 fully saturated rings. The summed E-state index contributed by atoms with van der Waals surface area (Å²) in [5, 5.41) is 1.37. The number of hydrogen-bond acceptors (Lipinski definition) is 5. The normalized spacial score (nSPS) is 10.6. The zero-order valence-corrected chi connectivity index (χ0v) is 12.7. The molecule has 6 heteroatoms. The maximum absolute atomic E-state index is 4.42. The summed E-state index contributed by atoms with van der Waals surface area (Å²) in [6, 6.07) is 0. The van der Waals surface area contributed by atoms with Gasteiger partial charge < -0.3 is 0 Å². The molecule has 0 aliphatic carbocycles. The van der Waals surface area contributed by atoms with E-state index in [4.69, 9.17) is 0 Å². The minimum Gasteiger partial charge on any atom is -0.230 e. The fraction of sp³-hybridized carbons (Fsp3) is 0.273. The minimum atomic E-state index is 0.674. The van der Waals surface area contributed by atoms with Crippen molar-refractivity contribution in [2.24, 2.45) is 0 Å². The van der Waals surface area contributed by atoms with Gasteiger partial charge in [0.2, 0.25) is 0 Å². The van der Waals surface area contributed by atoms with Crippen LogP contribution in [-0.4, -0.2) is 19.9 Å². The van der Waals surface area contributed by atoms with Gasteiger partial charge in [-0.3, -0.25) is 0 Å². The van der Waals surface area contributed by atoms with Gasteiger partial charge in [-0.2, -0.15) is 0 Å². The Morgan fingerprint density at radius 2 is 1.47 bits per heavy atom. The van der Waals surface area contributed by atoms with Crippen LogP contribution in [0.2, 0.25) is 0 Å². The Kier molecular flexibility index (Phi) is 3.93. The van der Waals surface area contributed by atoms with Crippen LogP contribution in [0.25, 0.3) is 0 Å². The van der Waals surface area contributed by atoms with Crippen molar-refractivity contribution in [1.29, 1.82) is 0 Å². The lowest BCUT2D eigenvalue weighted by molar-refractivity contribution is 0.868. The zero-order chi connectivity index (χ0) is 12.4. The standard InChI is InChI=1S/C11H11IN4S/c1-6-7(2)15-11(16-8(6)3)17-10-13-4-9(12)5-14-10/h4-5H,1-3H3. The van der Waals surface area contributed by atoms with Gasteiger partial charge in [-0.05, 0) is 60.7 Å². The predicted molar refractivity (Wildman–Crippen MR) is 75.1 cm³/mol. The first-order chi connectivity index (χ1) is 8.06. The van der Waals surface area contributed by atoms with E-state index >= 15 is 0 Å². The Labute approximate surface area is 118 Å². The Hall–Kier alpha value is -0.760. The molecule has 0 spiro atoms. The highest BCUT2D eigenvalue weighted by molar-refractivity contribution is 14.1. The highest BCUT2D eigenvalue weighted by atomic mass is 127. The number of halogens is 1. The van der Waals surface area contributed by atoms with Crippen molar-refractivity contribution in [3.05, 3.63) is 32.9 Å². The molecule has 0 aromatic carbocycles. The van der Waals surface area contributed by atoms with Crippen molar-refractivity contribution in [2.75, 3.05) is 0 Å². The molecule has 2 aromatic heterocycles. The third-order valence-corrected chi connectivity index (χ3v) is 3.71. The SMILES string of the molecule is Cc1nc(Sc2ncc(I)cn2)nc(C)c1C. The van der Waals surface area contributed by atoms with Crippen molar-refractivity contribution >= 4 is 34.4 Å². The molecule has 2 heterocycles. The van der Waals surface area contributed by atoms with Crippen LogP contribution in [0.4, 0.5) is 0 Å². The molecule has 0 aliphatic heterocycles. The fourth-order valence-corrected chi connectivity index (χ4v) is 2.24. The van der Waals surface area contributed by atoms with Crippen molar-refractivity contribution < 1.29 is 0 Å². The van der Waals surface area contributed by atoms with Crippen molar-refractivity contribution in [3.63, 3.8) is 0 Å². The first kappa shape index (κ1) is 12.7. The summed E-state index contributed by atoms with van der Waals surface area (Å²) in [4.78, 5) is 17.3. The second-order valence-corrected chi connectivity index (χ2v) is 5.77. The first-order valence-electron chi connectivity index (χ1n) is 5.03. The van der Waals surface area contributed by atoms with Crippen molar-refractivity contribution in [2.45, 2.75) is 31.1 Å². The monoisotopic (exact) mass is 358 g/mol. The van der Waals surface area contributed by atoms with Crippen LogP contribution < -0.4 is 0 Å². The van der Waals surface area contributed by atoms with Gasteiger partial charge in [-0.25, -0.2) is 19.9 Å². The van der Waals surface area contributed by atoms with E-state index in [0.717, 1.165) is 20.5 Å². The Bertz CT molecular complexity index is 519. The van der Waals surface area contributed by atoms with Crippen LogP contribution in [0.1, 0.15) is 17.0 Å². The Morgan fingerprint density at radius 1 is 0.941 bits per heavy atom. The smallest absolute Gasteiger partial charge is 0.195 e. The molecular formula is C11H11IN4S. The molecule has 0 amide bonds. The molecule has 0 saturated carbocycles. The lowest BCUT2D eigenvalue weighted by Crippen LogP contribution is -1.98. The third kappa shape index (κ3) is 3.12. The van der Waals surface area contributed by atoms with Crippen LogP contribution in [0.3, 0.4) is 0 Å². The average Bonchev–Trinajstić information content (AvgIpc) is 2.29. The number of aryl methyl sites for hydroxylation is 2. The maximum Gasteiger partial charge on any atom is 0.195 e. The molecule has 2 aromatic rings. The first-order valence-corrected chi connectivity index (χ1v) is 6.93. The molecule has 88 valence electrons. The molecule has 17 heavy (non-hydrogen) atoms. The van der Waals surface area contributed by atoms with Crippen LogP contribution in [0, 0.1) is 24.3 Å². The van der Waals surface area contributed by atoms with E-state index in [-0.39, 0.29) is 0 Å². The summed E-state index contributed by atoms with van der Waals surface area (Å²) in [7, 11) is 0.